The van der Waals surface area contributed by atoms with Crippen LogP contribution in [0.3, 0.4) is 0 Å². The number of hydrogen-bond acceptors (Lipinski definition) is 3. The number of rotatable bonds is 4. The maximum Gasteiger partial charge on any atom is 0.326 e. The number of hydrogen-bond donors (Lipinski definition) is 2. The summed E-state index contributed by atoms with van der Waals surface area (Å²) in [5.74, 6) is -0.801. The average molecular weight is 445 g/mol. The second-order valence-corrected chi connectivity index (χ2v) is 8.24. The van der Waals surface area contributed by atoms with Gasteiger partial charge in [0.15, 0.2) is 0 Å². The number of anilines is 1. The maximum atomic E-state index is 13.6. The van der Waals surface area contributed by atoms with Crippen LogP contribution < -0.4 is 11.0 Å². The topological polar surface area (TPSA) is 87.2 Å². The third-order valence-electron chi connectivity index (χ3n) is 5.43. The van der Waals surface area contributed by atoms with Crippen molar-refractivity contribution in [3.63, 3.8) is 0 Å². The number of carbonyl (C=O) groups is 2. The molecule has 4 rings (SSSR count). The van der Waals surface area contributed by atoms with E-state index in [-0.39, 0.29) is 35.0 Å². The summed E-state index contributed by atoms with van der Waals surface area (Å²) in [5, 5.41) is 2.95. The van der Waals surface area contributed by atoms with E-state index in [0.717, 1.165) is 18.4 Å². The predicted molar refractivity (Wildman–Crippen MR) is 117 cm³/mol. The van der Waals surface area contributed by atoms with Crippen LogP contribution in [0.5, 0.6) is 0 Å². The van der Waals surface area contributed by atoms with Gasteiger partial charge in [-0.05, 0) is 54.8 Å². The van der Waals surface area contributed by atoms with E-state index in [2.05, 4.69) is 10.3 Å². The van der Waals surface area contributed by atoms with Gasteiger partial charge in [0, 0.05) is 30.7 Å². The molecule has 2 heterocycles. The van der Waals surface area contributed by atoms with Gasteiger partial charge in [-0.15, -0.1) is 0 Å². The molecule has 2 N–H and O–H groups in total. The van der Waals surface area contributed by atoms with Gasteiger partial charge in [0.25, 0.3) is 0 Å². The SMILES string of the molecule is CC(=O)Nc1ccc2c(c1)[nH]c(=O)n2[C@H]1CCCN(C(=O)Cc2cc(F)cc(Cl)c2)C1. The smallest absolute Gasteiger partial charge is 0.326 e. The van der Waals surface area contributed by atoms with Crippen molar-refractivity contribution >= 4 is 40.1 Å². The summed E-state index contributed by atoms with van der Waals surface area (Å²) in [5.41, 5.74) is 2.20. The Morgan fingerprint density at radius 1 is 1.26 bits per heavy atom. The Labute approximate surface area is 182 Å². The lowest BCUT2D eigenvalue weighted by atomic mass is 10.0. The van der Waals surface area contributed by atoms with E-state index >= 15 is 0 Å². The molecule has 1 aliphatic heterocycles. The lowest BCUT2D eigenvalue weighted by Gasteiger charge is -2.33. The fourth-order valence-electron chi connectivity index (χ4n) is 4.17. The lowest BCUT2D eigenvalue weighted by Crippen LogP contribution is -2.43. The first-order valence-electron chi connectivity index (χ1n) is 10.0. The van der Waals surface area contributed by atoms with Crippen LogP contribution in [-0.2, 0) is 16.0 Å². The first-order chi connectivity index (χ1) is 14.8. The van der Waals surface area contributed by atoms with Gasteiger partial charge < -0.3 is 15.2 Å². The molecule has 1 saturated heterocycles. The molecule has 0 unspecified atom stereocenters. The van der Waals surface area contributed by atoms with Gasteiger partial charge in [-0.25, -0.2) is 9.18 Å². The third-order valence-corrected chi connectivity index (χ3v) is 5.65. The molecule has 1 atom stereocenters. The predicted octanol–water partition coefficient (Wildman–Crippen LogP) is 3.49. The monoisotopic (exact) mass is 444 g/mol. The minimum absolute atomic E-state index is 0.0487. The summed E-state index contributed by atoms with van der Waals surface area (Å²) < 4.78 is 15.3. The van der Waals surface area contributed by atoms with Crippen LogP contribution in [0, 0.1) is 5.82 Å². The van der Waals surface area contributed by atoms with Gasteiger partial charge in [0.05, 0.1) is 23.5 Å². The van der Waals surface area contributed by atoms with Gasteiger partial charge in [-0.3, -0.25) is 14.2 Å². The van der Waals surface area contributed by atoms with Gasteiger partial charge in [-0.2, -0.15) is 0 Å². The Kier molecular flexibility index (Phi) is 5.82. The Morgan fingerprint density at radius 2 is 2.06 bits per heavy atom. The average Bonchev–Trinajstić information content (AvgIpc) is 3.01. The van der Waals surface area contributed by atoms with Crippen LogP contribution in [0.25, 0.3) is 11.0 Å². The van der Waals surface area contributed by atoms with Gasteiger partial charge in [0.1, 0.15) is 5.82 Å². The molecule has 0 saturated carbocycles. The van der Waals surface area contributed by atoms with Gasteiger partial charge in [0.2, 0.25) is 11.8 Å². The highest BCUT2D eigenvalue weighted by molar-refractivity contribution is 6.30. The second kappa shape index (κ2) is 8.55. The molecule has 0 bridgehead atoms. The molecule has 2 aromatic carbocycles. The van der Waals surface area contributed by atoms with Gasteiger partial charge in [-0.1, -0.05) is 11.6 Å². The maximum absolute atomic E-state index is 13.6. The fraction of sp³-hybridized carbons (Fsp3) is 0.318. The van der Waals surface area contributed by atoms with E-state index in [1.807, 2.05) is 0 Å². The number of imidazole rings is 1. The van der Waals surface area contributed by atoms with Crippen molar-refractivity contribution in [2.24, 2.45) is 0 Å². The van der Waals surface area contributed by atoms with Crippen molar-refractivity contribution in [2.45, 2.75) is 32.2 Å². The molecular weight excluding hydrogens is 423 g/mol. The number of carbonyl (C=O) groups excluding carboxylic acids is 2. The number of piperidine rings is 1. The van der Waals surface area contributed by atoms with E-state index < -0.39 is 5.82 Å². The van der Waals surface area contributed by atoms with Crippen molar-refractivity contribution < 1.29 is 14.0 Å². The van der Waals surface area contributed by atoms with Crippen LogP contribution in [-0.4, -0.2) is 39.4 Å². The van der Waals surface area contributed by atoms with Crippen LogP contribution in [0.4, 0.5) is 10.1 Å². The minimum Gasteiger partial charge on any atom is -0.340 e. The highest BCUT2D eigenvalue weighted by Crippen LogP contribution is 2.26. The normalized spacial score (nSPS) is 16.5. The molecule has 2 amide bonds. The van der Waals surface area contributed by atoms with Crippen molar-refractivity contribution in [3.8, 4) is 0 Å². The molecular formula is C22H22ClFN4O3. The van der Waals surface area contributed by atoms with Crippen molar-refractivity contribution in [3.05, 3.63) is 63.3 Å². The molecule has 0 spiro atoms. The van der Waals surface area contributed by atoms with E-state index in [0.29, 0.717) is 29.9 Å². The Hall–Kier alpha value is -3.13. The lowest BCUT2D eigenvalue weighted by molar-refractivity contribution is -0.132. The third kappa shape index (κ3) is 4.64. The largest absolute Gasteiger partial charge is 0.340 e. The zero-order valence-corrected chi connectivity index (χ0v) is 17.7. The fourth-order valence-corrected chi connectivity index (χ4v) is 4.41. The molecule has 1 fully saturated rings. The van der Waals surface area contributed by atoms with Crippen molar-refractivity contribution in [1.82, 2.24) is 14.5 Å². The van der Waals surface area contributed by atoms with Gasteiger partial charge >= 0.3 is 5.69 Å². The number of nitrogens with one attached hydrogen (secondary N) is 2. The summed E-state index contributed by atoms with van der Waals surface area (Å²) in [7, 11) is 0. The summed E-state index contributed by atoms with van der Waals surface area (Å²) in [6.07, 6.45) is 1.56. The van der Waals surface area contributed by atoms with E-state index in [9.17, 15) is 18.8 Å². The molecule has 1 aromatic heterocycles. The number of fused-ring (bicyclic) bond motifs is 1. The molecule has 31 heavy (non-hydrogen) atoms. The first-order valence-corrected chi connectivity index (χ1v) is 10.4. The highest BCUT2D eigenvalue weighted by atomic mass is 35.5. The quantitative estimate of drug-likeness (QED) is 0.645. The number of aromatic nitrogens is 2. The Morgan fingerprint density at radius 3 is 2.81 bits per heavy atom. The highest BCUT2D eigenvalue weighted by Gasteiger charge is 2.27. The van der Waals surface area contributed by atoms with Crippen LogP contribution in [0.1, 0.15) is 31.4 Å². The molecule has 0 aliphatic carbocycles. The van der Waals surface area contributed by atoms with Crippen LogP contribution in [0.15, 0.2) is 41.2 Å². The summed E-state index contributed by atoms with van der Waals surface area (Å²) in [6.45, 7) is 2.40. The summed E-state index contributed by atoms with van der Waals surface area (Å²) >= 11 is 5.89. The summed E-state index contributed by atoms with van der Waals surface area (Å²) in [6, 6.07) is 9.16. The molecule has 3 aromatic rings. The van der Waals surface area contributed by atoms with Crippen LogP contribution >= 0.6 is 11.6 Å². The number of benzene rings is 2. The number of nitrogens with zero attached hydrogens (tertiary/aromatic N) is 2. The van der Waals surface area contributed by atoms with E-state index in [1.54, 1.807) is 33.7 Å². The standard InChI is InChI=1S/C22H22ClFN4O3/c1-13(29)25-17-4-5-20-19(11-17)26-22(31)28(20)18-3-2-6-27(12-18)21(30)9-14-7-15(23)10-16(24)8-14/h4-5,7-8,10-11,18H,2-3,6,9,12H2,1H3,(H,25,29)(H,26,31)/t18-/m0/s1. The number of H-pyrrole nitrogens is 1. The van der Waals surface area contributed by atoms with Crippen molar-refractivity contribution in [1.29, 1.82) is 0 Å². The van der Waals surface area contributed by atoms with E-state index in [4.69, 9.17) is 11.6 Å². The molecule has 1 aliphatic rings. The molecule has 9 heteroatoms. The molecule has 0 radical (unpaired) electrons. The molecule has 162 valence electrons. The second-order valence-electron chi connectivity index (χ2n) is 7.80. The summed E-state index contributed by atoms with van der Waals surface area (Å²) in [4.78, 5) is 41.3. The number of aromatic amines is 1. The van der Waals surface area contributed by atoms with Crippen LogP contribution in [0.2, 0.25) is 5.02 Å². The zero-order chi connectivity index (χ0) is 22.1. The number of likely N-dealkylation sites (tertiary alicyclic amines) is 1. The van der Waals surface area contributed by atoms with E-state index in [1.165, 1.54) is 19.1 Å². The molecule has 7 nitrogen and oxygen atoms in total. The number of halogens is 2. The Balaban J connectivity index is 1.54. The first kappa shape index (κ1) is 21.1. The minimum atomic E-state index is -0.476. The van der Waals surface area contributed by atoms with Crippen molar-refractivity contribution in [2.75, 3.05) is 18.4 Å². The zero-order valence-electron chi connectivity index (χ0n) is 17.0. The Bertz CT molecular complexity index is 1200. The number of amides is 2.